The fraction of sp³-hybridized carbons (Fsp3) is 0.318. The van der Waals surface area contributed by atoms with Crippen LogP contribution in [-0.4, -0.2) is 37.9 Å². The van der Waals surface area contributed by atoms with Gasteiger partial charge in [0.1, 0.15) is 11.4 Å². The van der Waals surface area contributed by atoms with Crippen LogP contribution in [0.25, 0.3) is 0 Å². The molecule has 3 rings (SSSR count). The Bertz CT molecular complexity index is 965. The highest BCUT2D eigenvalue weighted by Crippen LogP contribution is 2.26. The number of methoxy groups -OCH3 is 1. The molecule has 0 spiro atoms. The van der Waals surface area contributed by atoms with Crippen molar-refractivity contribution in [1.82, 2.24) is 5.32 Å². The monoisotopic (exact) mass is 413 g/mol. The molecule has 0 aromatic heterocycles. The molecule has 1 saturated heterocycles. The van der Waals surface area contributed by atoms with Crippen molar-refractivity contribution in [2.75, 3.05) is 30.4 Å². The number of nitrogens with zero attached hydrogens (tertiary/aromatic N) is 1. The Morgan fingerprint density at radius 3 is 2.60 bits per heavy atom. The molecule has 2 aromatic rings. The van der Waals surface area contributed by atoms with E-state index in [0.717, 1.165) is 6.42 Å². The maximum atomic E-state index is 14.1. The molecule has 30 heavy (non-hydrogen) atoms. The van der Waals surface area contributed by atoms with E-state index in [4.69, 9.17) is 4.74 Å². The van der Waals surface area contributed by atoms with Crippen LogP contribution in [0.15, 0.2) is 48.5 Å². The molecule has 1 heterocycles. The Morgan fingerprint density at radius 2 is 1.93 bits per heavy atom. The third-order valence-electron chi connectivity index (χ3n) is 5.18. The molecule has 1 aliphatic rings. The number of ether oxygens (including phenoxy) is 1. The Balaban J connectivity index is 1.63. The lowest BCUT2D eigenvalue weighted by Crippen LogP contribution is -2.44. The van der Waals surface area contributed by atoms with Crippen LogP contribution in [0.5, 0.6) is 0 Å². The summed E-state index contributed by atoms with van der Waals surface area (Å²) in [6, 6.07) is 12.9. The van der Waals surface area contributed by atoms with E-state index >= 15 is 0 Å². The van der Waals surface area contributed by atoms with Gasteiger partial charge < -0.3 is 20.3 Å². The van der Waals surface area contributed by atoms with E-state index in [1.54, 1.807) is 54.3 Å². The second-order valence-electron chi connectivity index (χ2n) is 7.25. The largest absolute Gasteiger partial charge is 0.372 e. The maximum Gasteiger partial charge on any atom is 0.313 e. The van der Waals surface area contributed by atoms with Gasteiger partial charge in [-0.3, -0.25) is 14.4 Å². The van der Waals surface area contributed by atoms with Crippen molar-refractivity contribution >= 4 is 29.1 Å². The zero-order valence-corrected chi connectivity index (χ0v) is 16.9. The summed E-state index contributed by atoms with van der Waals surface area (Å²) in [5.41, 5.74) is 0.200. The molecular weight excluding hydrogens is 389 g/mol. The van der Waals surface area contributed by atoms with Crippen LogP contribution in [0, 0.1) is 5.82 Å². The third kappa shape index (κ3) is 4.65. The highest BCUT2D eigenvalue weighted by molar-refractivity contribution is 6.39. The minimum atomic E-state index is -1.14. The summed E-state index contributed by atoms with van der Waals surface area (Å²) in [4.78, 5) is 38.1. The molecule has 0 saturated carbocycles. The molecule has 0 aliphatic carbocycles. The van der Waals surface area contributed by atoms with Gasteiger partial charge in [-0.05, 0) is 37.6 Å². The average molecular weight is 413 g/mol. The Labute approximate surface area is 174 Å². The predicted molar refractivity (Wildman–Crippen MR) is 110 cm³/mol. The van der Waals surface area contributed by atoms with Crippen molar-refractivity contribution in [2.45, 2.75) is 25.4 Å². The fourth-order valence-electron chi connectivity index (χ4n) is 3.36. The van der Waals surface area contributed by atoms with Crippen molar-refractivity contribution in [3.63, 3.8) is 0 Å². The molecule has 0 bridgehead atoms. The first-order valence-corrected chi connectivity index (χ1v) is 9.64. The Kier molecular flexibility index (Phi) is 6.47. The molecular formula is C22H24FN3O4. The van der Waals surface area contributed by atoms with E-state index in [1.807, 2.05) is 0 Å². The molecule has 0 radical (unpaired) electrons. The lowest BCUT2D eigenvalue weighted by Gasteiger charge is -2.29. The summed E-state index contributed by atoms with van der Waals surface area (Å²) < 4.78 is 19.5. The van der Waals surface area contributed by atoms with Gasteiger partial charge >= 0.3 is 11.8 Å². The number of carbonyl (C=O) groups excluding carboxylic acids is 3. The minimum absolute atomic E-state index is 0.0308. The molecule has 2 N–H and O–H groups in total. The highest BCUT2D eigenvalue weighted by Gasteiger charge is 2.30. The number of hydrogen-bond acceptors (Lipinski definition) is 4. The van der Waals surface area contributed by atoms with Crippen LogP contribution in [0.3, 0.4) is 0 Å². The Morgan fingerprint density at radius 1 is 1.17 bits per heavy atom. The lowest BCUT2D eigenvalue weighted by molar-refractivity contribution is -0.137. The maximum absolute atomic E-state index is 14.1. The van der Waals surface area contributed by atoms with Gasteiger partial charge in [-0.25, -0.2) is 4.39 Å². The lowest BCUT2D eigenvalue weighted by atomic mass is 9.95. The number of nitrogens with one attached hydrogen (secondary N) is 2. The summed E-state index contributed by atoms with van der Waals surface area (Å²) in [6.07, 6.45) is 1.29. The number of carbonyl (C=O) groups is 3. The van der Waals surface area contributed by atoms with Gasteiger partial charge in [0.05, 0.1) is 6.54 Å². The standard InChI is InChI=1S/C22H24FN3O4/c1-22(30-2,17-9-3-4-10-18(17)23)14-24-20(28)21(29)25-15-7-5-8-16(13-15)26-12-6-11-19(26)27/h3-5,7-10,13H,6,11-12,14H2,1-2H3,(H,24,28)(H,25,29). The van der Waals surface area contributed by atoms with Gasteiger partial charge in [-0.2, -0.15) is 0 Å². The number of rotatable bonds is 6. The summed E-state index contributed by atoms with van der Waals surface area (Å²) in [7, 11) is 1.41. The van der Waals surface area contributed by atoms with Gasteiger partial charge in [0.25, 0.3) is 0 Å². The predicted octanol–water partition coefficient (Wildman–Crippen LogP) is 2.57. The zero-order chi connectivity index (χ0) is 21.7. The normalized spacial score (nSPS) is 15.6. The van der Waals surface area contributed by atoms with Crippen LogP contribution >= 0.6 is 0 Å². The van der Waals surface area contributed by atoms with Crippen LogP contribution in [0.2, 0.25) is 0 Å². The molecule has 1 unspecified atom stereocenters. The zero-order valence-electron chi connectivity index (χ0n) is 16.9. The fourth-order valence-corrected chi connectivity index (χ4v) is 3.36. The number of halogens is 1. The van der Waals surface area contributed by atoms with Gasteiger partial charge in [-0.15, -0.1) is 0 Å². The van der Waals surface area contributed by atoms with E-state index in [0.29, 0.717) is 24.3 Å². The quantitative estimate of drug-likeness (QED) is 0.713. The van der Waals surface area contributed by atoms with Crippen molar-refractivity contribution in [3.8, 4) is 0 Å². The average Bonchev–Trinajstić information content (AvgIpc) is 3.18. The SMILES string of the molecule is COC(C)(CNC(=O)C(=O)Nc1cccc(N2CCCC2=O)c1)c1ccccc1F. The van der Waals surface area contributed by atoms with E-state index < -0.39 is 23.2 Å². The van der Waals surface area contributed by atoms with Crippen molar-refractivity contribution in [1.29, 1.82) is 0 Å². The van der Waals surface area contributed by atoms with Crippen molar-refractivity contribution < 1.29 is 23.5 Å². The second-order valence-corrected chi connectivity index (χ2v) is 7.25. The topological polar surface area (TPSA) is 87.7 Å². The summed E-state index contributed by atoms with van der Waals surface area (Å²) in [5, 5.41) is 5.01. The molecule has 158 valence electrons. The molecule has 1 fully saturated rings. The van der Waals surface area contributed by atoms with Gasteiger partial charge in [0.2, 0.25) is 5.91 Å². The highest BCUT2D eigenvalue weighted by atomic mass is 19.1. The third-order valence-corrected chi connectivity index (χ3v) is 5.18. The molecule has 2 aromatic carbocycles. The van der Waals surface area contributed by atoms with Crippen molar-refractivity contribution in [3.05, 3.63) is 59.9 Å². The number of anilines is 2. The minimum Gasteiger partial charge on any atom is -0.372 e. The van der Waals surface area contributed by atoms with Gasteiger partial charge in [0, 0.05) is 37.0 Å². The number of benzene rings is 2. The molecule has 8 heteroatoms. The van der Waals surface area contributed by atoms with E-state index in [-0.39, 0.29) is 18.0 Å². The van der Waals surface area contributed by atoms with Crippen LogP contribution in [-0.2, 0) is 24.7 Å². The van der Waals surface area contributed by atoms with E-state index in [9.17, 15) is 18.8 Å². The Hall–Kier alpha value is -3.26. The molecule has 7 nitrogen and oxygen atoms in total. The number of amides is 3. The van der Waals surface area contributed by atoms with Crippen LogP contribution in [0.1, 0.15) is 25.3 Å². The number of hydrogen-bond donors (Lipinski definition) is 2. The van der Waals surface area contributed by atoms with Gasteiger partial charge in [-0.1, -0.05) is 24.3 Å². The second kappa shape index (κ2) is 9.04. The van der Waals surface area contributed by atoms with Crippen LogP contribution in [0.4, 0.5) is 15.8 Å². The van der Waals surface area contributed by atoms with Crippen LogP contribution < -0.4 is 15.5 Å². The summed E-state index contributed by atoms with van der Waals surface area (Å²) >= 11 is 0. The van der Waals surface area contributed by atoms with Crippen molar-refractivity contribution in [2.24, 2.45) is 0 Å². The molecule has 1 atom stereocenters. The van der Waals surface area contributed by atoms with Gasteiger partial charge in [0.15, 0.2) is 0 Å². The summed E-state index contributed by atoms with van der Waals surface area (Å²) in [6.45, 7) is 2.15. The molecule has 3 amide bonds. The first kappa shape index (κ1) is 21.4. The smallest absolute Gasteiger partial charge is 0.313 e. The molecule has 1 aliphatic heterocycles. The van der Waals surface area contributed by atoms with E-state index in [2.05, 4.69) is 10.6 Å². The first-order valence-electron chi connectivity index (χ1n) is 9.64. The van der Waals surface area contributed by atoms with E-state index in [1.165, 1.54) is 13.2 Å². The summed E-state index contributed by atoms with van der Waals surface area (Å²) in [5.74, 6) is -2.18. The first-order chi connectivity index (χ1) is 14.3.